The third-order valence-corrected chi connectivity index (χ3v) is 2.53. The van der Waals surface area contributed by atoms with Crippen molar-refractivity contribution in [1.29, 1.82) is 0 Å². The highest BCUT2D eigenvalue weighted by atomic mass is 35.5. The summed E-state index contributed by atoms with van der Waals surface area (Å²) < 4.78 is 52.8. The van der Waals surface area contributed by atoms with Gasteiger partial charge in [-0.1, -0.05) is 11.6 Å². The molecule has 0 bridgehead atoms. The maximum Gasteiger partial charge on any atom is 0.224 e. The molecule has 0 atom stereocenters. The van der Waals surface area contributed by atoms with E-state index in [1.807, 2.05) is 5.32 Å². The standard InChI is InChI=1S/C10H3Cl2F4N3/c11-3-2-17-10(12)19-9(3)18-8-6(15)4(13)1-5(14)7(8)16/h1-2H,(H,17,18,19). The Hall–Kier alpha value is -1.60. The van der Waals surface area contributed by atoms with E-state index in [0.717, 1.165) is 6.20 Å². The molecule has 0 saturated heterocycles. The molecule has 19 heavy (non-hydrogen) atoms. The maximum absolute atomic E-state index is 13.4. The molecule has 0 amide bonds. The molecule has 3 nitrogen and oxygen atoms in total. The molecule has 0 aliphatic heterocycles. The van der Waals surface area contributed by atoms with Crippen LogP contribution in [-0.4, -0.2) is 9.97 Å². The molecule has 1 N–H and O–H groups in total. The van der Waals surface area contributed by atoms with Gasteiger partial charge in [-0.2, -0.15) is 4.98 Å². The molecule has 0 aliphatic carbocycles. The van der Waals surface area contributed by atoms with Crippen LogP contribution < -0.4 is 5.32 Å². The zero-order chi connectivity index (χ0) is 14.2. The predicted molar refractivity (Wildman–Crippen MR) is 61.6 cm³/mol. The van der Waals surface area contributed by atoms with Crippen molar-refractivity contribution < 1.29 is 17.6 Å². The fraction of sp³-hybridized carbons (Fsp3) is 0. The van der Waals surface area contributed by atoms with Crippen molar-refractivity contribution in [2.45, 2.75) is 0 Å². The summed E-state index contributed by atoms with van der Waals surface area (Å²) in [6, 6.07) is 0.0877. The summed E-state index contributed by atoms with van der Waals surface area (Å²) in [6.07, 6.45) is 1.06. The zero-order valence-corrected chi connectivity index (χ0v) is 10.3. The normalized spacial score (nSPS) is 10.6. The van der Waals surface area contributed by atoms with Crippen LogP contribution in [0.2, 0.25) is 10.3 Å². The van der Waals surface area contributed by atoms with Crippen LogP contribution in [0.3, 0.4) is 0 Å². The van der Waals surface area contributed by atoms with E-state index < -0.39 is 29.0 Å². The van der Waals surface area contributed by atoms with Crippen LogP contribution in [0.15, 0.2) is 12.3 Å². The Morgan fingerprint density at radius 3 is 2.16 bits per heavy atom. The third kappa shape index (κ3) is 2.71. The molecule has 0 radical (unpaired) electrons. The molecular formula is C10H3Cl2F4N3. The van der Waals surface area contributed by atoms with E-state index in [2.05, 4.69) is 9.97 Å². The van der Waals surface area contributed by atoms with E-state index in [1.165, 1.54) is 0 Å². The van der Waals surface area contributed by atoms with Gasteiger partial charge in [0.2, 0.25) is 5.28 Å². The Bertz CT molecular complexity index is 625. The van der Waals surface area contributed by atoms with E-state index in [4.69, 9.17) is 23.2 Å². The van der Waals surface area contributed by atoms with Crippen LogP contribution in [0.25, 0.3) is 0 Å². The van der Waals surface area contributed by atoms with Gasteiger partial charge in [-0.05, 0) is 11.6 Å². The van der Waals surface area contributed by atoms with Gasteiger partial charge in [-0.15, -0.1) is 0 Å². The first-order chi connectivity index (χ1) is 8.90. The number of aromatic nitrogens is 2. The smallest absolute Gasteiger partial charge is 0.224 e. The summed E-state index contributed by atoms with van der Waals surface area (Å²) in [5, 5.41) is 1.64. The van der Waals surface area contributed by atoms with E-state index in [-0.39, 0.29) is 22.2 Å². The van der Waals surface area contributed by atoms with Crippen molar-refractivity contribution in [3.8, 4) is 0 Å². The molecule has 1 aromatic heterocycles. The van der Waals surface area contributed by atoms with E-state index in [0.29, 0.717) is 0 Å². The quantitative estimate of drug-likeness (QED) is 0.516. The number of halogens is 6. The highest BCUT2D eigenvalue weighted by molar-refractivity contribution is 6.33. The first-order valence-corrected chi connectivity index (χ1v) is 5.43. The van der Waals surface area contributed by atoms with Crippen LogP contribution in [0.4, 0.5) is 29.1 Å². The van der Waals surface area contributed by atoms with Crippen LogP contribution in [-0.2, 0) is 0 Å². The minimum atomic E-state index is -1.61. The Balaban J connectivity index is 2.52. The van der Waals surface area contributed by atoms with Crippen LogP contribution in [0, 0.1) is 23.3 Å². The number of hydrogen-bond acceptors (Lipinski definition) is 3. The minimum Gasteiger partial charge on any atom is -0.334 e. The highest BCUT2D eigenvalue weighted by Gasteiger charge is 2.20. The summed E-state index contributed by atoms with van der Waals surface area (Å²) in [5.41, 5.74) is -1.06. The largest absolute Gasteiger partial charge is 0.334 e. The van der Waals surface area contributed by atoms with Crippen molar-refractivity contribution in [2.75, 3.05) is 5.32 Å². The lowest BCUT2D eigenvalue weighted by Gasteiger charge is -2.10. The Labute approximate surface area is 114 Å². The molecule has 1 aromatic carbocycles. The number of rotatable bonds is 2. The Morgan fingerprint density at radius 1 is 1.00 bits per heavy atom. The van der Waals surface area contributed by atoms with Gasteiger partial charge in [-0.3, -0.25) is 0 Å². The van der Waals surface area contributed by atoms with Crippen LogP contribution in [0.1, 0.15) is 0 Å². The average molecular weight is 312 g/mol. The van der Waals surface area contributed by atoms with E-state index in [9.17, 15) is 17.6 Å². The second kappa shape index (κ2) is 5.18. The molecule has 2 aromatic rings. The van der Waals surface area contributed by atoms with Gasteiger partial charge in [0.25, 0.3) is 0 Å². The number of nitrogens with zero attached hydrogens (tertiary/aromatic N) is 2. The van der Waals surface area contributed by atoms with Gasteiger partial charge in [0.15, 0.2) is 29.1 Å². The summed E-state index contributed by atoms with van der Waals surface area (Å²) in [4.78, 5) is 7.05. The molecule has 0 aliphatic rings. The molecule has 1 heterocycles. The molecule has 0 fully saturated rings. The first kappa shape index (κ1) is 13.8. The molecule has 0 spiro atoms. The fourth-order valence-electron chi connectivity index (χ4n) is 1.23. The van der Waals surface area contributed by atoms with Crippen molar-refractivity contribution in [3.63, 3.8) is 0 Å². The van der Waals surface area contributed by atoms with Gasteiger partial charge >= 0.3 is 0 Å². The van der Waals surface area contributed by atoms with Gasteiger partial charge < -0.3 is 5.32 Å². The molecule has 100 valence electrons. The summed E-state index contributed by atoms with van der Waals surface area (Å²) in [6.45, 7) is 0. The van der Waals surface area contributed by atoms with Crippen molar-refractivity contribution in [1.82, 2.24) is 9.97 Å². The van der Waals surface area contributed by atoms with E-state index in [1.54, 1.807) is 0 Å². The first-order valence-electron chi connectivity index (χ1n) is 4.68. The topological polar surface area (TPSA) is 37.8 Å². The lowest BCUT2D eigenvalue weighted by molar-refractivity contribution is 0.459. The average Bonchev–Trinajstić information content (AvgIpc) is 2.36. The number of nitrogens with one attached hydrogen (secondary N) is 1. The SMILES string of the molecule is Fc1cc(F)c(F)c(Nc2nc(Cl)ncc2Cl)c1F. The van der Waals surface area contributed by atoms with Crippen molar-refractivity contribution in [3.05, 3.63) is 45.8 Å². The van der Waals surface area contributed by atoms with Gasteiger partial charge in [-0.25, -0.2) is 22.5 Å². The van der Waals surface area contributed by atoms with Gasteiger partial charge in [0.05, 0.1) is 6.20 Å². The number of benzene rings is 1. The number of anilines is 2. The molecule has 2 rings (SSSR count). The highest BCUT2D eigenvalue weighted by Crippen LogP contribution is 2.29. The van der Waals surface area contributed by atoms with Crippen molar-refractivity contribution in [2.24, 2.45) is 0 Å². The summed E-state index contributed by atoms with van der Waals surface area (Å²) in [7, 11) is 0. The van der Waals surface area contributed by atoms with Crippen LogP contribution in [0.5, 0.6) is 0 Å². The second-order valence-corrected chi connectivity index (χ2v) is 4.05. The molecule has 0 saturated carbocycles. The van der Waals surface area contributed by atoms with Crippen molar-refractivity contribution >= 4 is 34.7 Å². The monoisotopic (exact) mass is 311 g/mol. The predicted octanol–water partition coefficient (Wildman–Crippen LogP) is 4.08. The Kier molecular flexibility index (Phi) is 3.77. The lowest BCUT2D eigenvalue weighted by atomic mass is 10.2. The van der Waals surface area contributed by atoms with Gasteiger partial charge in [0.1, 0.15) is 10.7 Å². The summed E-state index contributed by atoms with van der Waals surface area (Å²) in [5.74, 6) is -6.62. The molecule has 0 unspecified atom stereocenters. The maximum atomic E-state index is 13.4. The second-order valence-electron chi connectivity index (χ2n) is 3.30. The fourth-order valence-corrected chi connectivity index (χ4v) is 1.51. The summed E-state index contributed by atoms with van der Waals surface area (Å²) >= 11 is 11.1. The molecular weight excluding hydrogens is 309 g/mol. The van der Waals surface area contributed by atoms with Crippen LogP contribution >= 0.6 is 23.2 Å². The zero-order valence-electron chi connectivity index (χ0n) is 8.82. The lowest BCUT2D eigenvalue weighted by Crippen LogP contribution is -2.05. The third-order valence-electron chi connectivity index (χ3n) is 2.07. The van der Waals surface area contributed by atoms with E-state index >= 15 is 0 Å². The Morgan fingerprint density at radius 2 is 1.58 bits per heavy atom. The van der Waals surface area contributed by atoms with Gasteiger partial charge in [0, 0.05) is 6.07 Å². The minimum absolute atomic E-state index is 0.0877. The molecule has 9 heteroatoms. The number of hydrogen-bond donors (Lipinski definition) is 1.